The fraction of sp³-hybridized carbons (Fsp3) is 0.167. The van der Waals surface area contributed by atoms with Gasteiger partial charge in [0.25, 0.3) is 11.8 Å². The van der Waals surface area contributed by atoms with Crippen LogP contribution in [0.3, 0.4) is 0 Å². The van der Waals surface area contributed by atoms with Crippen LogP contribution in [0.25, 0.3) is 0 Å². The van der Waals surface area contributed by atoms with Crippen LogP contribution in [0.1, 0.15) is 21.5 Å². The smallest absolute Gasteiger partial charge is 0.262 e. The van der Waals surface area contributed by atoms with Crippen LogP contribution in [-0.2, 0) is 17.8 Å². The Balaban J connectivity index is 1.56. The number of hydrogen-bond acceptors (Lipinski definition) is 3. The Morgan fingerprint density at radius 1 is 0.931 bits per heavy atom. The Kier molecular flexibility index (Phi) is 5.56. The Hall–Kier alpha value is -3.60. The minimum Gasteiger partial charge on any atom is -0.482 e. The second-order valence-corrected chi connectivity index (χ2v) is 7.00. The van der Waals surface area contributed by atoms with Gasteiger partial charge >= 0.3 is 0 Å². The Labute approximate surface area is 169 Å². The van der Waals surface area contributed by atoms with Gasteiger partial charge in [-0.3, -0.25) is 9.59 Å². The molecule has 29 heavy (non-hydrogen) atoms. The topological polar surface area (TPSA) is 58.6 Å². The molecule has 0 aromatic heterocycles. The van der Waals surface area contributed by atoms with E-state index in [9.17, 15) is 9.59 Å². The van der Waals surface area contributed by atoms with Gasteiger partial charge in [-0.1, -0.05) is 60.7 Å². The molecule has 3 aromatic rings. The predicted octanol–water partition coefficient (Wildman–Crippen LogP) is 3.90. The van der Waals surface area contributed by atoms with Gasteiger partial charge in [-0.05, 0) is 35.7 Å². The van der Waals surface area contributed by atoms with E-state index in [2.05, 4.69) is 17.4 Å². The predicted molar refractivity (Wildman–Crippen MR) is 112 cm³/mol. The molecular weight excluding hydrogens is 364 g/mol. The van der Waals surface area contributed by atoms with Gasteiger partial charge in [0.1, 0.15) is 5.75 Å². The zero-order valence-electron chi connectivity index (χ0n) is 16.0. The third-order valence-corrected chi connectivity index (χ3v) is 4.88. The highest BCUT2D eigenvalue weighted by molar-refractivity contribution is 5.99. The lowest BCUT2D eigenvalue weighted by Crippen LogP contribution is -2.33. The molecule has 1 aliphatic heterocycles. The highest BCUT2D eigenvalue weighted by Gasteiger charge is 2.21. The van der Waals surface area contributed by atoms with Crippen LogP contribution in [0, 0.1) is 0 Å². The average Bonchev–Trinajstić information content (AvgIpc) is 2.77. The van der Waals surface area contributed by atoms with E-state index in [1.807, 2.05) is 53.4 Å². The number of benzene rings is 3. The van der Waals surface area contributed by atoms with Crippen molar-refractivity contribution in [3.05, 3.63) is 95.6 Å². The van der Waals surface area contributed by atoms with Crippen LogP contribution >= 0.6 is 0 Å². The Morgan fingerprint density at radius 2 is 1.62 bits per heavy atom. The second kappa shape index (κ2) is 8.61. The number of carbonyl (C=O) groups is 2. The largest absolute Gasteiger partial charge is 0.482 e. The first-order valence-electron chi connectivity index (χ1n) is 9.63. The summed E-state index contributed by atoms with van der Waals surface area (Å²) in [5.41, 5.74) is 3.41. The van der Waals surface area contributed by atoms with E-state index >= 15 is 0 Å². The monoisotopic (exact) mass is 386 g/mol. The molecule has 0 atom stereocenters. The van der Waals surface area contributed by atoms with Crippen LogP contribution in [0.5, 0.6) is 5.75 Å². The first-order chi connectivity index (χ1) is 14.2. The summed E-state index contributed by atoms with van der Waals surface area (Å²) in [5, 5.41) is 2.75. The molecule has 0 radical (unpaired) electrons. The molecule has 1 aliphatic rings. The Morgan fingerprint density at radius 3 is 2.34 bits per heavy atom. The summed E-state index contributed by atoms with van der Waals surface area (Å²) in [6, 6.07) is 25.3. The van der Waals surface area contributed by atoms with Crippen LogP contribution in [0.2, 0.25) is 0 Å². The van der Waals surface area contributed by atoms with Gasteiger partial charge in [0.15, 0.2) is 6.61 Å². The van der Waals surface area contributed by atoms with Crippen molar-refractivity contribution in [1.29, 1.82) is 0 Å². The lowest BCUT2D eigenvalue weighted by molar-refractivity contribution is -0.118. The van der Waals surface area contributed by atoms with Gasteiger partial charge in [-0.25, -0.2) is 0 Å². The molecule has 1 N–H and O–H groups in total. The molecule has 4 rings (SSSR count). The molecule has 0 bridgehead atoms. The molecule has 0 aliphatic carbocycles. The first-order valence-corrected chi connectivity index (χ1v) is 9.63. The number of fused-ring (bicyclic) bond motifs is 1. The minimum atomic E-state index is -0.190. The molecule has 0 spiro atoms. The normalized spacial score (nSPS) is 12.5. The molecule has 0 fully saturated rings. The molecule has 146 valence electrons. The second-order valence-electron chi connectivity index (χ2n) is 7.00. The van der Waals surface area contributed by atoms with E-state index < -0.39 is 0 Å². The maximum absolute atomic E-state index is 13.3. The van der Waals surface area contributed by atoms with E-state index in [4.69, 9.17) is 4.74 Å². The van der Waals surface area contributed by atoms with Crippen molar-refractivity contribution in [1.82, 2.24) is 4.90 Å². The molecular formula is C24H22N2O3. The van der Waals surface area contributed by atoms with Crippen molar-refractivity contribution >= 4 is 17.5 Å². The van der Waals surface area contributed by atoms with Gasteiger partial charge in [0.05, 0.1) is 5.69 Å². The van der Waals surface area contributed by atoms with E-state index in [-0.39, 0.29) is 18.4 Å². The van der Waals surface area contributed by atoms with Crippen molar-refractivity contribution in [3.63, 3.8) is 0 Å². The number of anilines is 1. The van der Waals surface area contributed by atoms with Crippen molar-refractivity contribution in [3.8, 4) is 5.75 Å². The number of hydrogen-bond donors (Lipinski definition) is 1. The summed E-state index contributed by atoms with van der Waals surface area (Å²) >= 11 is 0. The maximum atomic E-state index is 13.3. The van der Waals surface area contributed by atoms with Gasteiger partial charge in [0.2, 0.25) is 0 Å². The quantitative estimate of drug-likeness (QED) is 0.699. The van der Waals surface area contributed by atoms with Crippen molar-refractivity contribution < 1.29 is 14.3 Å². The fourth-order valence-electron chi connectivity index (χ4n) is 3.36. The summed E-state index contributed by atoms with van der Waals surface area (Å²) in [6.07, 6.45) is 0.775. The number of nitrogens with zero attached hydrogens (tertiary/aromatic N) is 1. The summed E-state index contributed by atoms with van der Waals surface area (Å²) in [5.74, 6) is 0.274. The van der Waals surface area contributed by atoms with E-state index in [1.165, 1.54) is 5.56 Å². The standard InChI is InChI=1S/C24H22N2O3/c27-23-17-29-22-15-20(11-12-21(22)25-23)24(28)26(16-19-9-5-2-6-10-19)14-13-18-7-3-1-4-8-18/h1-12,15H,13-14,16-17H2,(H,25,27). The number of ether oxygens (including phenoxy) is 1. The number of amides is 2. The molecule has 0 unspecified atom stereocenters. The highest BCUT2D eigenvalue weighted by Crippen LogP contribution is 2.29. The minimum absolute atomic E-state index is 0.0353. The van der Waals surface area contributed by atoms with E-state index in [1.54, 1.807) is 18.2 Å². The van der Waals surface area contributed by atoms with Crippen LogP contribution in [-0.4, -0.2) is 29.9 Å². The summed E-state index contributed by atoms with van der Waals surface area (Å²) < 4.78 is 5.47. The van der Waals surface area contributed by atoms with Crippen molar-refractivity contribution in [2.75, 3.05) is 18.5 Å². The lowest BCUT2D eigenvalue weighted by atomic mass is 10.1. The summed E-state index contributed by atoms with van der Waals surface area (Å²) in [6.45, 7) is 1.10. The Bertz CT molecular complexity index is 1000. The zero-order chi connectivity index (χ0) is 20.1. The third kappa shape index (κ3) is 4.63. The molecule has 5 nitrogen and oxygen atoms in total. The van der Waals surface area contributed by atoms with Gasteiger partial charge in [-0.2, -0.15) is 0 Å². The highest BCUT2D eigenvalue weighted by atomic mass is 16.5. The van der Waals surface area contributed by atoms with Crippen molar-refractivity contribution in [2.24, 2.45) is 0 Å². The molecule has 5 heteroatoms. The van der Waals surface area contributed by atoms with Crippen LogP contribution in [0.15, 0.2) is 78.9 Å². The number of carbonyl (C=O) groups excluding carboxylic acids is 2. The van der Waals surface area contributed by atoms with Crippen LogP contribution < -0.4 is 10.1 Å². The summed E-state index contributed by atoms with van der Waals surface area (Å²) in [4.78, 5) is 26.6. The molecule has 1 heterocycles. The number of rotatable bonds is 6. The van der Waals surface area contributed by atoms with E-state index in [0.717, 1.165) is 12.0 Å². The SMILES string of the molecule is O=C1COc2cc(C(=O)N(CCc3ccccc3)Cc3ccccc3)ccc2N1. The average molecular weight is 386 g/mol. The van der Waals surface area contributed by atoms with Gasteiger partial charge in [0, 0.05) is 18.7 Å². The number of nitrogens with one attached hydrogen (secondary N) is 1. The third-order valence-electron chi connectivity index (χ3n) is 4.88. The van der Waals surface area contributed by atoms with E-state index in [0.29, 0.717) is 30.1 Å². The summed E-state index contributed by atoms with van der Waals surface area (Å²) in [7, 11) is 0. The molecule has 3 aromatic carbocycles. The van der Waals surface area contributed by atoms with Gasteiger partial charge in [-0.15, -0.1) is 0 Å². The maximum Gasteiger partial charge on any atom is 0.262 e. The lowest BCUT2D eigenvalue weighted by Gasteiger charge is -2.24. The van der Waals surface area contributed by atoms with Crippen molar-refractivity contribution in [2.45, 2.75) is 13.0 Å². The zero-order valence-corrected chi connectivity index (χ0v) is 16.0. The molecule has 0 saturated carbocycles. The molecule has 2 amide bonds. The van der Waals surface area contributed by atoms with Crippen LogP contribution in [0.4, 0.5) is 5.69 Å². The molecule has 0 saturated heterocycles. The fourth-order valence-corrected chi connectivity index (χ4v) is 3.36. The first kappa shape index (κ1) is 18.7. The van der Waals surface area contributed by atoms with Gasteiger partial charge < -0.3 is 15.0 Å².